The first-order chi connectivity index (χ1) is 8.84. The summed E-state index contributed by atoms with van der Waals surface area (Å²) in [7, 11) is 0. The van der Waals surface area contributed by atoms with Gasteiger partial charge < -0.3 is 4.90 Å². The average Bonchev–Trinajstić information content (AvgIpc) is 2.93. The van der Waals surface area contributed by atoms with Gasteiger partial charge in [-0.05, 0) is 25.0 Å². The fourth-order valence-corrected chi connectivity index (χ4v) is 4.86. The van der Waals surface area contributed by atoms with Crippen LogP contribution in [0.25, 0.3) is 0 Å². The van der Waals surface area contributed by atoms with Crippen molar-refractivity contribution in [1.82, 2.24) is 9.80 Å². The van der Waals surface area contributed by atoms with Crippen LogP contribution in [0.4, 0.5) is 0 Å². The van der Waals surface area contributed by atoms with Crippen LogP contribution in [-0.2, 0) is 4.79 Å². The largest absolute Gasteiger partial charge is 0.337 e. The van der Waals surface area contributed by atoms with Crippen LogP contribution in [0.3, 0.4) is 0 Å². The van der Waals surface area contributed by atoms with Crippen LogP contribution in [-0.4, -0.2) is 58.9 Å². The van der Waals surface area contributed by atoms with E-state index in [1.807, 2.05) is 11.8 Å². The number of nitrogens with zero attached hydrogens (tertiary/aromatic N) is 2. The summed E-state index contributed by atoms with van der Waals surface area (Å²) >= 11 is 2.04. The predicted molar refractivity (Wildman–Crippen MR) is 75.9 cm³/mol. The third-order valence-electron chi connectivity index (χ3n) is 4.72. The molecular formula is C14H24N2OS. The molecule has 0 radical (unpaired) electrons. The van der Waals surface area contributed by atoms with Crippen molar-refractivity contribution in [3.05, 3.63) is 0 Å². The number of hydrogen-bond acceptors (Lipinski definition) is 3. The van der Waals surface area contributed by atoms with Gasteiger partial charge in [-0.2, -0.15) is 11.8 Å². The Hall–Kier alpha value is -0.220. The van der Waals surface area contributed by atoms with Gasteiger partial charge in [0.05, 0.1) is 6.54 Å². The topological polar surface area (TPSA) is 23.6 Å². The molecule has 1 atom stereocenters. The maximum atomic E-state index is 12.3. The van der Waals surface area contributed by atoms with E-state index in [-0.39, 0.29) is 0 Å². The van der Waals surface area contributed by atoms with Gasteiger partial charge in [-0.1, -0.05) is 19.3 Å². The van der Waals surface area contributed by atoms with Crippen LogP contribution in [0.15, 0.2) is 0 Å². The summed E-state index contributed by atoms with van der Waals surface area (Å²) in [5.74, 6) is 2.91. The van der Waals surface area contributed by atoms with Gasteiger partial charge in [0.15, 0.2) is 0 Å². The lowest BCUT2D eigenvalue weighted by Gasteiger charge is -2.42. The normalized spacial score (nSPS) is 32.1. The second-order valence-electron chi connectivity index (χ2n) is 5.87. The Morgan fingerprint density at radius 1 is 1.00 bits per heavy atom. The molecule has 3 fully saturated rings. The Morgan fingerprint density at radius 3 is 2.50 bits per heavy atom. The molecular weight excluding hydrogens is 244 g/mol. The van der Waals surface area contributed by atoms with Crippen molar-refractivity contribution in [1.29, 1.82) is 0 Å². The van der Waals surface area contributed by atoms with Crippen LogP contribution in [0.5, 0.6) is 0 Å². The lowest BCUT2D eigenvalue weighted by molar-refractivity contribution is -0.140. The first-order valence-corrected chi connectivity index (χ1v) is 8.61. The van der Waals surface area contributed by atoms with Crippen molar-refractivity contribution in [2.24, 2.45) is 0 Å². The molecule has 2 aliphatic heterocycles. The van der Waals surface area contributed by atoms with E-state index in [0.29, 0.717) is 24.5 Å². The zero-order chi connectivity index (χ0) is 12.4. The minimum atomic E-state index is 0.394. The van der Waals surface area contributed by atoms with E-state index in [9.17, 15) is 4.79 Å². The van der Waals surface area contributed by atoms with E-state index < -0.39 is 0 Å². The lowest BCUT2D eigenvalue weighted by Crippen LogP contribution is -2.56. The first-order valence-electron chi connectivity index (χ1n) is 7.46. The van der Waals surface area contributed by atoms with Crippen molar-refractivity contribution in [3.8, 4) is 0 Å². The third-order valence-corrected chi connectivity index (χ3v) is 5.87. The molecule has 102 valence electrons. The third kappa shape index (κ3) is 2.69. The molecule has 4 heteroatoms. The number of amides is 1. The minimum absolute atomic E-state index is 0.394. The van der Waals surface area contributed by atoms with Crippen LogP contribution in [0.1, 0.15) is 38.5 Å². The maximum absolute atomic E-state index is 12.3. The molecule has 2 heterocycles. The van der Waals surface area contributed by atoms with Crippen LogP contribution in [0.2, 0.25) is 0 Å². The summed E-state index contributed by atoms with van der Waals surface area (Å²) in [5.41, 5.74) is 0. The van der Waals surface area contributed by atoms with Crippen molar-refractivity contribution in [2.45, 2.75) is 50.6 Å². The van der Waals surface area contributed by atoms with E-state index in [1.165, 1.54) is 50.0 Å². The summed E-state index contributed by atoms with van der Waals surface area (Å²) in [5, 5.41) is 0. The van der Waals surface area contributed by atoms with Gasteiger partial charge in [0, 0.05) is 30.9 Å². The van der Waals surface area contributed by atoms with Gasteiger partial charge in [-0.15, -0.1) is 0 Å². The molecule has 1 amide bonds. The molecule has 3 aliphatic rings. The summed E-state index contributed by atoms with van der Waals surface area (Å²) < 4.78 is 0. The highest BCUT2D eigenvalue weighted by Crippen LogP contribution is 2.27. The summed E-state index contributed by atoms with van der Waals surface area (Å²) in [6.45, 7) is 2.76. The van der Waals surface area contributed by atoms with Crippen LogP contribution in [0, 0.1) is 0 Å². The van der Waals surface area contributed by atoms with Gasteiger partial charge in [0.25, 0.3) is 0 Å². The van der Waals surface area contributed by atoms with Gasteiger partial charge in [0.1, 0.15) is 0 Å². The molecule has 1 saturated carbocycles. The van der Waals surface area contributed by atoms with Gasteiger partial charge in [-0.3, -0.25) is 9.69 Å². The van der Waals surface area contributed by atoms with E-state index in [2.05, 4.69) is 9.80 Å². The van der Waals surface area contributed by atoms with Crippen molar-refractivity contribution >= 4 is 17.7 Å². The van der Waals surface area contributed by atoms with Crippen LogP contribution < -0.4 is 0 Å². The zero-order valence-corrected chi connectivity index (χ0v) is 12.0. The molecule has 1 aliphatic carbocycles. The molecule has 0 unspecified atom stereocenters. The van der Waals surface area contributed by atoms with Crippen LogP contribution >= 0.6 is 11.8 Å². The Labute approximate surface area is 114 Å². The van der Waals surface area contributed by atoms with Gasteiger partial charge in [0.2, 0.25) is 5.91 Å². The Balaban J connectivity index is 1.55. The highest BCUT2D eigenvalue weighted by Gasteiger charge is 2.33. The smallest absolute Gasteiger partial charge is 0.237 e. The SMILES string of the molecule is O=C1CN([C@@H]2CCSC2)CCN1C1CCCCC1. The monoisotopic (exact) mass is 268 g/mol. The second kappa shape index (κ2) is 5.83. The molecule has 2 saturated heterocycles. The fourth-order valence-electron chi connectivity index (χ4n) is 3.61. The molecule has 0 bridgehead atoms. The fraction of sp³-hybridized carbons (Fsp3) is 0.929. The molecule has 3 nitrogen and oxygen atoms in total. The lowest BCUT2D eigenvalue weighted by atomic mass is 9.93. The van der Waals surface area contributed by atoms with E-state index in [4.69, 9.17) is 0 Å². The molecule has 18 heavy (non-hydrogen) atoms. The quantitative estimate of drug-likeness (QED) is 0.765. The number of thioether (sulfide) groups is 1. The molecule has 0 aromatic carbocycles. The molecule has 0 N–H and O–H groups in total. The Morgan fingerprint density at radius 2 is 1.83 bits per heavy atom. The first kappa shape index (κ1) is 12.8. The highest BCUT2D eigenvalue weighted by molar-refractivity contribution is 7.99. The van der Waals surface area contributed by atoms with Crippen molar-refractivity contribution in [2.75, 3.05) is 31.1 Å². The number of hydrogen-bond donors (Lipinski definition) is 0. The average molecular weight is 268 g/mol. The summed E-state index contributed by atoms with van der Waals surface area (Å²) in [6.07, 6.45) is 7.76. The standard InChI is InChI=1S/C14H24N2OS/c17-14-10-15(13-6-9-18-11-13)7-8-16(14)12-4-2-1-3-5-12/h12-13H,1-11H2/t13-/m1/s1. The Kier molecular flexibility index (Phi) is 4.14. The van der Waals surface area contributed by atoms with E-state index in [1.54, 1.807) is 0 Å². The van der Waals surface area contributed by atoms with E-state index in [0.717, 1.165) is 13.1 Å². The maximum Gasteiger partial charge on any atom is 0.237 e. The zero-order valence-electron chi connectivity index (χ0n) is 11.1. The summed E-state index contributed by atoms with van der Waals surface area (Å²) in [4.78, 5) is 17.0. The molecule has 0 aromatic rings. The number of carbonyl (C=O) groups excluding carboxylic acids is 1. The molecule has 0 aromatic heterocycles. The van der Waals surface area contributed by atoms with E-state index >= 15 is 0 Å². The molecule has 3 rings (SSSR count). The second-order valence-corrected chi connectivity index (χ2v) is 7.02. The van der Waals surface area contributed by atoms with Crippen molar-refractivity contribution in [3.63, 3.8) is 0 Å². The number of piperazine rings is 1. The number of rotatable bonds is 2. The highest BCUT2D eigenvalue weighted by atomic mass is 32.2. The van der Waals surface area contributed by atoms with Gasteiger partial charge in [-0.25, -0.2) is 0 Å². The summed E-state index contributed by atoms with van der Waals surface area (Å²) in [6, 6.07) is 1.24. The minimum Gasteiger partial charge on any atom is -0.337 e. The Bertz CT molecular complexity index is 298. The van der Waals surface area contributed by atoms with Gasteiger partial charge >= 0.3 is 0 Å². The molecule has 0 spiro atoms. The number of carbonyl (C=O) groups is 1. The van der Waals surface area contributed by atoms with Crippen molar-refractivity contribution < 1.29 is 4.79 Å². The predicted octanol–water partition coefficient (Wildman–Crippen LogP) is 1.97.